The van der Waals surface area contributed by atoms with Crippen molar-refractivity contribution < 1.29 is 30.0 Å². The first-order valence-electron chi connectivity index (χ1n) is 8.44. The third-order valence-corrected chi connectivity index (χ3v) is 8.70. The lowest BCUT2D eigenvalue weighted by Crippen LogP contribution is -2.57. The van der Waals surface area contributed by atoms with Crippen LogP contribution in [0.4, 0.5) is 13.2 Å². The molecule has 1 fully saturated rings. The molecule has 28 heavy (non-hydrogen) atoms. The molecule has 0 radical (unpaired) electrons. The number of sulfone groups is 1. The number of benzene rings is 2. The van der Waals surface area contributed by atoms with Gasteiger partial charge in [0.15, 0.2) is 9.84 Å². The highest BCUT2D eigenvalue weighted by Gasteiger charge is 2.42. The van der Waals surface area contributed by atoms with Gasteiger partial charge in [-0.15, -0.1) is 0 Å². The van der Waals surface area contributed by atoms with Crippen LogP contribution in [0.5, 0.6) is 0 Å². The summed E-state index contributed by atoms with van der Waals surface area (Å²) >= 11 is 0. The van der Waals surface area contributed by atoms with Crippen LogP contribution in [0.15, 0.2) is 53.4 Å². The van der Waals surface area contributed by atoms with E-state index in [4.69, 9.17) is 0 Å². The van der Waals surface area contributed by atoms with E-state index in [0.29, 0.717) is 11.1 Å². The summed E-state index contributed by atoms with van der Waals surface area (Å²) in [4.78, 5) is -0.0319. The number of hydrogen-bond donors (Lipinski definition) is 0. The minimum absolute atomic E-state index is 0.0319. The molecule has 0 aromatic heterocycles. The smallest absolute Gasteiger partial charge is 0.228 e. The van der Waals surface area contributed by atoms with Crippen LogP contribution in [-0.4, -0.2) is 45.2 Å². The standard InChI is InChI=1S/C18H18F3NO4S2/c1-2-27(23,24)17-11-22(12-17)28(25,26)16-8-6-13(7-9-16)14-4-3-5-15(10-14)18(19,20)21/h3-10,17H,2,11-12H2,1H3. The molecule has 10 heteroatoms. The van der Waals surface area contributed by atoms with Gasteiger partial charge in [0, 0.05) is 18.8 Å². The zero-order chi connectivity index (χ0) is 20.7. The van der Waals surface area contributed by atoms with Crippen LogP contribution in [0.1, 0.15) is 12.5 Å². The summed E-state index contributed by atoms with van der Waals surface area (Å²) in [6, 6.07) is 10.3. The number of alkyl halides is 3. The normalized spacial score (nSPS) is 16.7. The topological polar surface area (TPSA) is 71.5 Å². The van der Waals surface area contributed by atoms with E-state index in [2.05, 4.69) is 0 Å². The molecular formula is C18H18F3NO4S2. The van der Waals surface area contributed by atoms with Crippen LogP contribution in [0.2, 0.25) is 0 Å². The van der Waals surface area contributed by atoms with Gasteiger partial charge in [-0.1, -0.05) is 31.2 Å². The fourth-order valence-corrected chi connectivity index (χ4v) is 5.91. The van der Waals surface area contributed by atoms with Crippen molar-refractivity contribution in [2.45, 2.75) is 23.2 Å². The van der Waals surface area contributed by atoms with Crippen LogP contribution in [0, 0.1) is 0 Å². The van der Waals surface area contributed by atoms with Gasteiger partial charge in [-0.3, -0.25) is 0 Å². The lowest BCUT2D eigenvalue weighted by molar-refractivity contribution is -0.137. The second-order valence-electron chi connectivity index (χ2n) is 6.50. The first kappa shape index (κ1) is 20.8. The predicted molar refractivity (Wildman–Crippen MR) is 98.9 cm³/mol. The van der Waals surface area contributed by atoms with Crippen LogP contribution in [0.25, 0.3) is 11.1 Å². The summed E-state index contributed by atoms with van der Waals surface area (Å²) in [5.74, 6) is -0.0444. The summed E-state index contributed by atoms with van der Waals surface area (Å²) in [5, 5.41) is -0.698. The first-order chi connectivity index (χ1) is 12.9. The van der Waals surface area contributed by atoms with Crippen molar-refractivity contribution in [1.29, 1.82) is 0 Å². The zero-order valence-corrected chi connectivity index (χ0v) is 16.5. The van der Waals surface area contributed by atoms with Crippen molar-refractivity contribution in [3.8, 4) is 11.1 Å². The molecule has 0 N–H and O–H groups in total. The third kappa shape index (κ3) is 3.94. The monoisotopic (exact) mass is 433 g/mol. The van der Waals surface area contributed by atoms with Gasteiger partial charge in [0.05, 0.1) is 15.7 Å². The molecule has 1 heterocycles. The Kier molecular flexibility index (Phi) is 5.32. The average Bonchev–Trinajstić information content (AvgIpc) is 2.59. The average molecular weight is 433 g/mol. The van der Waals surface area contributed by atoms with Crippen LogP contribution < -0.4 is 0 Å². The Balaban J connectivity index is 1.80. The zero-order valence-electron chi connectivity index (χ0n) is 14.8. The van der Waals surface area contributed by atoms with Gasteiger partial charge >= 0.3 is 6.18 Å². The molecule has 1 aliphatic rings. The maximum Gasteiger partial charge on any atom is 0.416 e. The number of nitrogens with zero attached hydrogens (tertiary/aromatic N) is 1. The lowest BCUT2D eigenvalue weighted by Gasteiger charge is -2.37. The van der Waals surface area contributed by atoms with E-state index in [1.54, 1.807) is 0 Å². The van der Waals surface area contributed by atoms with Gasteiger partial charge in [-0.05, 0) is 35.4 Å². The quantitative estimate of drug-likeness (QED) is 0.726. The molecule has 0 spiro atoms. The highest BCUT2D eigenvalue weighted by molar-refractivity contribution is 7.92. The van der Waals surface area contributed by atoms with Crippen molar-refractivity contribution in [1.82, 2.24) is 4.31 Å². The molecule has 3 rings (SSSR count). The van der Waals surface area contributed by atoms with Crippen molar-refractivity contribution in [2.75, 3.05) is 18.8 Å². The Labute approximate surface area is 161 Å². The molecular weight excluding hydrogens is 415 g/mol. The molecule has 1 aliphatic heterocycles. The number of sulfonamides is 1. The number of hydrogen-bond acceptors (Lipinski definition) is 4. The molecule has 2 aromatic carbocycles. The number of rotatable bonds is 5. The van der Waals surface area contributed by atoms with E-state index in [-0.39, 0.29) is 23.7 Å². The Morgan fingerprint density at radius 1 is 0.964 bits per heavy atom. The summed E-state index contributed by atoms with van der Waals surface area (Å²) < 4.78 is 88.4. The molecule has 0 unspecified atom stereocenters. The SMILES string of the molecule is CCS(=O)(=O)C1CN(S(=O)(=O)c2ccc(-c3cccc(C(F)(F)F)c3)cc2)C1. The Morgan fingerprint density at radius 3 is 2.11 bits per heavy atom. The van der Waals surface area contributed by atoms with Gasteiger partial charge in [0.2, 0.25) is 10.0 Å². The van der Waals surface area contributed by atoms with E-state index < -0.39 is 36.9 Å². The molecule has 0 atom stereocenters. The van der Waals surface area contributed by atoms with Gasteiger partial charge in [-0.25, -0.2) is 16.8 Å². The highest BCUT2D eigenvalue weighted by Crippen LogP contribution is 2.33. The summed E-state index contributed by atoms with van der Waals surface area (Å²) in [6.07, 6.45) is -4.47. The van der Waals surface area contributed by atoms with E-state index in [0.717, 1.165) is 16.4 Å². The highest BCUT2D eigenvalue weighted by atomic mass is 32.2. The second-order valence-corrected chi connectivity index (χ2v) is 11.0. The first-order valence-corrected chi connectivity index (χ1v) is 11.6. The van der Waals surface area contributed by atoms with E-state index in [9.17, 15) is 30.0 Å². The molecule has 152 valence electrons. The second kappa shape index (κ2) is 7.16. The largest absolute Gasteiger partial charge is 0.416 e. The van der Waals surface area contributed by atoms with Crippen molar-refractivity contribution in [2.24, 2.45) is 0 Å². The summed E-state index contributed by atoms with van der Waals surface area (Å²) in [7, 11) is -7.14. The Morgan fingerprint density at radius 2 is 1.57 bits per heavy atom. The van der Waals surface area contributed by atoms with E-state index in [1.807, 2.05) is 0 Å². The minimum atomic E-state index is -4.47. The molecule has 5 nitrogen and oxygen atoms in total. The molecule has 0 aliphatic carbocycles. The van der Waals surface area contributed by atoms with Gasteiger partial charge < -0.3 is 0 Å². The Hall–Kier alpha value is -1.91. The van der Waals surface area contributed by atoms with Crippen LogP contribution in [-0.2, 0) is 26.0 Å². The van der Waals surface area contributed by atoms with Gasteiger partial charge in [-0.2, -0.15) is 17.5 Å². The van der Waals surface area contributed by atoms with Crippen molar-refractivity contribution in [3.05, 3.63) is 54.1 Å². The summed E-state index contributed by atoms with van der Waals surface area (Å²) in [5.41, 5.74) is -0.0256. The van der Waals surface area contributed by atoms with Crippen molar-refractivity contribution >= 4 is 19.9 Å². The fraction of sp³-hybridized carbons (Fsp3) is 0.333. The molecule has 0 saturated carbocycles. The van der Waals surface area contributed by atoms with Crippen LogP contribution >= 0.6 is 0 Å². The van der Waals surface area contributed by atoms with E-state index in [1.165, 1.54) is 43.3 Å². The fourth-order valence-electron chi connectivity index (χ4n) is 2.90. The molecule has 2 aromatic rings. The third-order valence-electron chi connectivity index (χ3n) is 4.74. The van der Waals surface area contributed by atoms with Crippen LogP contribution in [0.3, 0.4) is 0 Å². The van der Waals surface area contributed by atoms with E-state index >= 15 is 0 Å². The maximum absolute atomic E-state index is 12.9. The molecule has 0 bridgehead atoms. The predicted octanol–water partition coefficient (Wildman–Crippen LogP) is 3.18. The van der Waals surface area contributed by atoms with Crippen molar-refractivity contribution in [3.63, 3.8) is 0 Å². The summed E-state index contributed by atoms with van der Waals surface area (Å²) in [6.45, 7) is 1.33. The minimum Gasteiger partial charge on any atom is -0.228 e. The Bertz CT molecular complexity index is 1070. The maximum atomic E-state index is 12.9. The number of halogens is 3. The van der Waals surface area contributed by atoms with Gasteiger partial charge in [0.1, 0.15) is 0 Å². The lowest BCUT2D eigenvalue weighted by atomic mass is 10.0. The molecule has 1 saturated heterocycles. The van der Waals surface area contributed by atoms with Gasteiger partial charge in [0.25, 0.3) is 0 Å². The molecule has 0 amide bonds.